The van der Waals surface area contributed by atoms with Crippen molar-refractivity contribution in [2.24, 2.45) is 0 Å². The predicted molar refractivity (Wildman–Crippen MR) is 236 cm³/mol. The molecule has 56 heavy (non-hydrogen) atoms. The number of hydrogen-bond donors (Lipinski definition) is 0. The summed E-state index contributed by atoms with van der Waals surface area (Å²) in [6.07, 6.45) is 3.69. The largest absolute Gasteiger partial charge is 0.254 e. The van der Waals surface area contributed by atoms with Crippen LogP contribution in [0.1, 0.15) is 0 Å². The van der Waals surface area contributed by atoms with Gasteiger partial charge in [0.2, 0.25) is 0 Å². The Balaban J connectivity index is 0.998. The van der Waals surface area contributed by atoms with Gasteiger partial charge < -0.3 is 0 Å². The topological polar surface area (TPSA) is 38.7 Å². The molecular formula is C53H31N3. The zero-order chi connectivity index (χ0) is 36.7. The summed E-state index contributed by atoms with van der Waals surface area (Å²) in [6, 6.07) is 63.8. The minimum absolute atomic E-state index is 0.933. The van der Waals surface area contributed by atoms with Crippen LogP contribution >= 0.6 is 0 Å². The standard InChI is InChI=1S/C53H31N3/c1-3-15-43-41(13-1)42-14-2-4-16-44(42)50-49(43)46-17-5-6-19-48(46)56-51(50)37-11-7-10-32(29-37)33-22-24-39-34(28-33)20-21-35-30-36(23-25-40(35)39)47-31-38-12-8-26-54-52(38)53-45(47)18-9-27-55-53/h1-31H. The van der Waals surface area contributed by atoms with Crippen molar-refractivity contribution in [3.05, 3.63) is 188 Å². The van der Waals surface area contributed by atoms with E-state index in [-0.39, 0.29) is 0 Å². The van der Waals surface area contributed by atoms with E-state index in [1.165, 1.54) is 81.5 Å². The van der Waals surface area contributed by atoms with Gasteiger partial charge in [-0.15, -0.1) is 0 Å². The first-order valence-electron chi connectivity index (χ1n) is 19.1. The van der Waals surface area contributed by atoms with Gasteiger partial charge in [0.25, 0.3) is 0 Å². The predicted octanol–water partition coefficient (Wildman–Crippen LogP) is 14.1. The molecule has 258 valence electrons. The van der Waals surface area contributed by atoms with E-state index in [0.29, 0.717) is 0 Å². The average Bonchev–Trinajstić information content (AvgIpc) is 3.28. The Morgan fingerprint density at radius 1 is 0.304 bits per heavy atom. The Bertz CT molecular complexity index is 3600. The van der Waals surface area contributed by atoms with Gasteiger partial charge in [0.1, 0.15) is 0 Å². The number of aromatic nitrogens is 3. The van der Waals surface area contributed by atoms with E-state index in [1.54, 1.807) is 0 Å². The molecule has 0 fully saturated rings. The number of pyridine rings is 3. The van der Waals surface area contributed by atoms with Crippen molar-refractivity contribution < 1.29 is 0 Å². The number of fused-ring (bicyclic) bond motifs is 14. The third-order valence-electron chi connectivity index (χ3n) is 11.7. The van der Waals surface area contributed by atoms with Gasteiger partial charge in [-0.3, -0.25) is 9.97 Å². The lowest BCUT2D eigenvalue weighted by molar-refractivity contribution is 1.37. The van der Waals surface area contributed by atoms with E-state index in [1.807, 2.05) is 24.5 Å². The van der Waals surface area contributed by atoms with Gasteiger partial charge in [-0.1, -0.05) is 133 Å². The van der Waals surface area contributed by atoms with Gasteiger partial charge in [0.15, 0.2) is 0 Å². The molecule has 0 bridgehead atoms. The molecule has 3 heterocycles. The van der Waals surface area contributed by atoms with Crippen LogP contribution in [-0.4, -0.2) is 15.0 Å². The molecule has 12 rings (SSSR count). The highest BCUT2D eigenvalue weighted by molar-refractivity contribution is 6.33. The lowest BCUT2D eigenvalue weighted by atomic mass is 9.89. The van der Waals surface area contributed by atoms with Gasteiger partial charge in [0, 0.05) is 44.9 Å². The minimum Gasteiger partial charge on any atom is -0.254 e. The van der Waals surface area contributed by atoms with Gasteiger partial charge in [0.05, 0.1) is 22.2 Å². The second-order valence-electron chi connectivity index (χ2n) is 14.7. The highest BCUT2D eigenvalue weighted by Crippen LogP contribution is 2.43. The van der Waals surface area contributed by atoms with Crippen molar-refractivity contribution in [1.82, 2.24) is 15.0 Å². The fourth-order valence-corrected chi connectivity index (χ4v) is 9.11. The van der Waals surface area contributed by atoms with Crippen molar-refractivity contribution in [1.29, 1.82) is 0 Å². The van der Waals surface area contributed by atoms with Crippen LogP contribution in [0.3, 0.4) is 0 Å². The lowest BCUT2D eigenvalue weighted by Gasteiger charge is -2.16. The third kappa shape index (κ3) is 4.61. The van der Waals surface area contributed by atoms with Crippen LogP contribution in [0.25, 0.3) is 120 Å². The first-order valence-corrected chi connectivity index (χ1v) is 19.1. The molecule has 9 aromatic carbocycles. The summed E-state index contributed by atoms with van der Waals surface area (Å²) in [7, 11) is 0. The van der Waals surface area contributed by atoms with Crippen LogP contribution in [0.15, 0.2) is 188 Å². The van der Waals surface area contributed by atoms with Crippen LogP contribution in [-0.2, 0) is 0 Å². The molecule has 0 aliphatic heterocycles. The number of hydrogen-bond acceptors (Lipinski definition) is 3. The molecular weight excluding hydrogens is 679 g/mol. The first-order chi connectivity index (χ1) is 27.8. The Labute approximate surface area is 322 Å². The molecule has 0 spiro atoms. The van der Waals surface area contributed by atoms with Gasteiger partial charge in [-0.2, -0.15) is 0 Å². The van der Waals surface area contributed by atoms with E-state index in [4.69, 9.17) is 9.97 Å². The molecule has 3 nitrogen and oxygen atoms in total. The summed E-state index contributed by atoms with van der Waals surface area (Å²) in [6.45, 7) is 0. The molecule has 0 radical (unpaired) electrons. The number of para-hydroxylation sites is 1. The first kappa shape index (κ1) is 30.9. The summed E-state index contributed by atoms with van der Waals surface area (Å²) in [5.74, 6) is 0. The molecule has 0 atom stereocenters. The zero-order valence-electron chi connectivity index (χ0n) is 30.2. The maximum atomic E-state index is 5.40. The maximum absolute atomic E-state index is 5.40. The molecule has 0 saturated heterocycles. The highest BCUT2D eigenvalue weighted by atomic mass is 14.7. The van der Waals surface area contributed by atoms with Crippen molar-refractivity contribution in [2.45, 2.75) is 0 Å². The minimum atomic E-state index is 0.933. The summed E-state index contributed by atoms with van der Waals surface area (Å²) in [4.78, 5) is 14.8. The summed E-state index contributed by atoms with van der Waals surface area (Å²) in [5.41, 5.74) is 9.67. The number of rotatable bonds is 3. The van der Waals surface area contributed by atoms with Crippen LogP contribution in [0.4, 0.5) is 0 Å². The van der Waals surface area contributed by atoms with E-state index in [2.05, 4.69) is 169 Å². The van der Waals surface area contributed by atoms with E-state index < -0.39 is 0 Å². The van der Waals surface area contributed by atoms with E-state index in [0.717, 1.165) is 38.6 Å². The van der Waals surface area contributed by atoms with Crippen molar-refractivity contribution in [2.75, 3.05) is 0 Å². The summed E-state index contributed by atoms with van der Waals surface area (Å²) < 4.78 is 0. The quantitative estimate of drug-likeness (QED) is 0.171. The van der Waals surface area contributed by atoms with Crippen LogP contribution in [0.2, 0.25) is 0 Å². The SMILES string of the molecule is c1cc(-c2ccc3c(ccc4cc(-c5cc6cccnc6c6ncccc56)ccc43)c2)cc(-c2nc3ccccc3c3c4ccccc4c4ccccc4c23)c1. The van der Waals surface area contributed by atoms with Gasteiger partial charge in [-0.25, -0.2) is 4.98 Å². The third-order valence-corrected chi connectivity index (χ3v) is 11.7. The lowest BCUT2D eigenvalue weighted by Crippen LogP contribution is -1.93. The summed E-state index contributed by atoms with van der Waals surface area (Å²) in [5, 5.41) is 15.7. The number of benzene rings is 9. The summed E-state index contributed by atoms with van der Waals surface area (Å²) >= 11 is 0. The molecule has 0 saturated carbocycles. The molecule has 3 aromatic heterocycles. The molecule has 0 unspecified atom stereocenters. The van der Waals surface area contributed by atoms with Crippen molar-refractivity contribution >= 4 is 86.6 Å². The Hall–Kier alpha value is -7.49. The second-order valence-corrected chi connectivity index (χ2v) is 14.7. The van der Waals surface area contributed by atoms with Gasteiger partial charge >= 0.3 is 0 Å². The monoisotopic (exact) mass is 709 g/mol. The van der Waals surface area contributed by atoms with Crippen molar-refractivity contribution in [3.8, 4) is 33.5 Å². The fourth-order valence-electron chi connectivity index (χ4n) is 9.11. The Morgan fingerprint density at radius 3 is 1.68 bits per heavy atom. The molecule has 0 aliphatic carbocycles. The van der Waals surface area contributed by atoms with Gasteiger partial charge in [-0.05, 0) is 108 Å². The van der Waals surface area contributed by atoms with E-state index >= 15 is 0 Å². The molecule has 0 amide bonds. The van der Waals surface area contributed by atoms with Crippen LogP contribution < -0.4 is 0 Å². The maximum Gasteiger partial charge on any atom is 0.0970 e. The molecule has 3 heteroatoms. The van der Waals surface area contributed by atoms with Crippen LogP contribution in [0, 0.1) is 0 Å². The molecule has 12 aromatic rings. The Morgan fingerprint density at radius 2 is 0.893 bits per heavy atom. The Kier molecular flexibility index (Phi) is 6.63. The van der Waals surface area contributed by atoms with Crippen LogP contribution in [0.5, 0.6) is 0 Å². The molecule has 0 aliphatic rings. The van der Waals surface area contributed by atoms with Crippen molar-refractivity contribution in [3.63, 3.8) is 0 Å². The fraction of sp³-hybridized carbons (Fsp3) is 0. The zero-order valence-corrected chi connectivity index (χ0v) is 30.2. The normalized spacial score (nSPS) is 11.9. The molecule has 0 N–H and O–H groups in total. The number of nitrogens with zero attached hydrogens (tertiary/aromatic N) is 3. The van der Waals surface area contributed by atoms with E-state index in [9.17, 15) is 0 Å². The smallest absolute Gasteiger partial charge is 0.0970 e. The highest BCUT2D eigenvalue weighted by Gasteiger charge is 2.18. The second kappa shape index (κ2) is 12.0. The average molecular weight is 710 g/mol.